The van der Waals surface area contributed by atoms with Crippen molar-refractivity contribution in [3.8, 4) is 0 Å². The first-order valence-electron chi connectivity index (χ1n) is 9.68. The molecule has 0 radical (unpaired) electrons. The van der Waals surface area contributed by atoms with E-state index >= 15 is 0 Å². The summed E-state index contributed by atoms with van der Waals surface area (Å²) in [6, 6.07) is 15.2. The number of esters is 1. The van der Waals surface area contributed by atoms with Crippen LogP contribution in [-0.2, 0) is 9.53 Å². The summed E-state index contributed by atoms with van der Waals surface area (Å²) in [5.41, 5.74) is 1.52. The number of nitrogens with one attached hydrogen (secondary N) is 1. The first-order chi connectivity index (χ1) is 13.6. The highest BCUT2D eigenvalue weighted by molar-refractivity contribution is 5.89. The van der Waals surface area contributed by atoms with E-state index in [2.05, 4.69) is 10.2 Å². The van der Waals surface area contributed by atoms with Crippen molar-refractivity contribution in [1.82, 2.24) is 4.90 Å². The Balaban J connectivity index is 1.54. The van der Waals surface area contributed by atoms with Gasteiger partial charge in [0.15, 0.2) is 6.04 Å². The molecule has 3 aliphatic heterocycles. The Kier molecular flexibility index (Phi) is 5.30. The van der Waals surface area contributed by atoms with Gasteiger partial charge in [0.25, 0.3) is 0 Å². The molecule has 1 unspecified atom stereocenters. The number of carboxylic acids is 1. The molecule has 0 amide bonds. The van der Waals surface area contributed by atoms with Crippen molar-refractivity contribution < 1.29 is 19.4 Å². The fourth-order valence-electron chi connectivity index (χ4n) is 4.09. The van der Waals surface area contributed by atoms with Crippen LogP contribution in [0.5, 0.6) is 0 Å². The Labute approximate surface area is 164 Å². The van der Waals surface area contributed by atoms with Gasteiger partial charge in [-0.15, -0.1) is 0 Å². The van der Waals surface area contributed by atoms with Gasteiger partial charge < -0.3 is 15.2 Å². The standard InChI is InChI=1S/C22H24N2O4/c25-21(26)17-7-4-8-18(13-17)23-20(16-5-2-1-3-6-16)22(27)28-19-14-24-11-9-15(19)10-12-24/h1-8,13,15,19-20,23H,9-12,14H2,(H,25,26)/t19-,20?/m0/s1. The van der Waals surface area contributed by atoms with Crippen LogP contribution < -0.4 is 5.32 Å². The van der Waals surface area contributed by atoms with Gasteiger partial charge in [-0.2, -0.15) is 0 Å². The van der Waals surface area contributed by atoms with E-state index in [0.29, 0.717) is 11.6 Å². The van der Waals surface area contributed by atoms with E-state index < -0.39 is 12.0 Å². The highest BCUT2D eigenvalue weighted by atomic mass is 16.5. The molecule has 6 nitrogen and oxygen atoms in total. The number of hydrogen-bond acceptors (Lipinski definition) is 5. The average Bonchev–Trinajstić information content (AvgIpc) is 2.73. The third kappa shape index (κ3) is 4.02. The van der Waals surface area contributed by atoms with Crippen molar-refractivity contribution in [2.24, 2.45) is 5.92 Å². The number of anilines is 1. The quantitative estimate of drug-likeness (QED) is 0.750. The minimum Gasteiger partial charge on any atom is -0.478 e. The molecule has 2 N–H and O–H groups in total. The van der Waals surface area contributed by atoms with Crippen LogP contribution in [-0.4, -0.2) is 47.7 Å². The summed E-state index contributed by atoms with van der Waals surface area (Å²) in [6.07, 6.45) is 2.07. The monoisotopic (exact) mass is 380 g/mol. The number of carbonyl (C=O) groups excluding carboxylic acids is 1. The zero-order valence-electron chi connectivity index (χ0n) is 15.6. The summed E-state index contributed by atoms with van der Waals surface area (Å²) in [4.78, 5) is 26.7. The fourth-order valence-corrected chi connectivity index (χ4v) is 4.09. The molecule has 2 aromatic carbocycles. The Morgan fingerprint density at radius 3 is 2.46 bits per heavy atom. The highest BCUT2D eigenvalue weighted by Crippen LogP contribution is 2.31. The minimum atomic E-state index is -1.00. The van der Waals surface area contributed by atoms with Crippen molar-refractivity contribution in [2.45, 2.75) is 25.0 Å². The number of fused-ring (bicyclic) bond motifs is 3. The summed E-state index contributed by atoms with van der Waals surface area (Å²) < 4.78 is 5.93. The molecule has 0 aromatic heterocycles. The molecule has 6 heteroatoms. The van der Waals surface area contributed by atoms with Crippen molar-refractivity contribution in [2.75, 3.05) is 25.0 Å². The minimum absolute atomic E-state index is 0.0756. The molecule has 3 saturated heterocycles. The molecule has 0 saturated carbocycles. The lowest BCUT2D eigenvalue weighted by molar-refractivity contribution is -0.159. The van der Waals surface area contributed by atoms with E-state index in [1.807, 2.05) is 30.3 Å². The SMILES string of the molecule is O=C(O)c1cccc(NC(C(=O)O[C@H]2CN3CCC2CC3)c2ccccc2)c1. The van der Waals surface area contributed by atoms with Crippen molar-refractivity contribution in [3.63, 3.8) is 0 Å². The number of ether oxygens (including phenoxy) is 1. The predicted molar refractivity (Wildman–Crippen MR) is 105 cm³/mol. The van der Waals surface area contributed by atoms with Gasteiger partial charge in [0.1, 0.15) is 6.10 Å². The number of piperidine rings is 3. The molecular weight excluding hydrogens is 356 g/mol. The first kappa shape index (κ1) is 18.5. The summed E-state index contributed by atoms with van der Waals surface area (Å²) in [6.45, 7) is 2.97. The number of rotatable bonds is 6. The topological polar surface area (TPSA) is 78.9 Å². The van der Waals surface area contributed by atoms with Gasteiger partial charge in [0.05, 0.1) is 5.56 Å². The van der Waals surface area contributed by atoms with E-state index in [4.69, 9.17) is 4.74 Å². The summed E-state index contributed by atoms with van der Waals surface area (Å²) in [5, 5.41) is 12.4. The third-order valence-corrected chi connectivity index (χ3v) is 5.65. The lowest BCUT2D eigenvalue weighted by Gasteiger charge is -2.44. The lowest BCUT2D eigenvalue weighted by Crippen LogP contribution is -2.52. The van der Waals surface area contributed by atoms with E-state index in [-0.39, 0.29) is 17.6 Å². The molecule has 2 atom stereocenters. The first-order valence-corrected chi connectivity index (χ1v) is 9.68. The van der Waals surface area contributed by atoms with Gasteiger partial charge in [-0.1, -0.05) is 36.4 Å². The normalized spacial score (nSPS) is 24.4. The van der Waals surface area contributed by atoms with Crippen LogP contribution in [0.4, 0.5) is 5.69 Å². The molecule has 3 heterocycles. The predicted octanol–water partition coefficient (Wildman–Crippen LogP) is 3.18. The van der Waals surface area contributed by atoms with Crippen LogP contribution in [0.25, 0.3) is 0 Å². The highest BCUT2D eigenvalue weighted by Gasteiger charge is 2.37. The average molecular weight is 380 g/mol. The smallest absolute Gasteiger partial charge is 0.335 e. The maximum Gasteiger partial charge on any atom is 0.335 e. The Morgan fingerprint density at radius 1 is 1.07 bits per heavy atom. The molecule has 2 aromatic rings. The van der Waals surface area contributed by atoms with Crippen LogP contribution in [0.15, 0.2) is 54.6 Å². The van der Waals surface area contributed by atoms with E-state index in [1.165, 1.54) is 12.1 Å². The number of benzene rings is 2. The van der Waals surface area contributed by atoms with Gasteiger partial charge in [-0.05, 0) is 55.6 Å². The molecule has 5 rings (SSSR count). The van der Waals surface area contributed by atoms with Gasteiger partial charge in [-0.25, -0.2) is 9.59 Å². The molecule has 28 heavy (non-hydrogen) atoms. The second-order valence-corrected chi connectivity index (χ2v) is 7.49. The van der Waals surface area contributed by atoms with Gasteiger partial charge in [0.2, 0.25) is 0 Å². The zero-order valence-corrected chi connectivity index (χ0v) is 15.6. The number of aromatic carboxylic acids is 1. The lowest BCUT2D eigenvalue weighted by atomic mass is 9.86. The second kappa shape index (κ2) is 8.02. The number of nitrogens with zero attached hydrogens (tertiary/aromatic N) is 1. The maximum absolute atomic E-state index is 13.1. The van der Waals surface area contributed by atoms with Crippen molar-refractivity contribution in [3.05, 3.63) is 65.7 Å². The van der Waals surface area contributed by atoms with Crippen LogP contribution in [0.2, 0.25) is 0 Å². The Morgan fingerprint density at radius 2 is 1.82 bits per heavy atom. The molecule has 3 fully saturated rings. The van der Waals surface area contributed by atoms with Crippen LogP contribution in [0.3, 0.4) is 0 Å². The van der Waals surface area contributed by atoms with E-state index in [1.54, 1.807) is 12.1 Å². The largest absolute Gasteiger partial charge is 0.478 e. The van der Waals surface area contributed by atoms with Gasteiger partial charge >= 0.3 is 11.9 Å². The van der Waals surface area contributed by atoms with Crippen LogP contribution >= 0.6 is 0 Å². The summed E-state index contributed by atoms with van der Waals surface area (Å²) in [5.74, 6) is -0.902. The molecule has 0 spiro atoms. The molecule has 2 bridgehead atoms. The van der Waals surface area contributed by atoms with Crippen molar-refractivity contribution in [1.29, 1.82) is 0 Å². The fraction of sp³-hybridized carbons (Fsp3) is 0.364. The van der Waals surface area contributed by atoms with Crippen LogP contribution in [0, 0.1) is 5.92 Å². The van der Waals surface area contributed by atoms with E-state index in [0.717, 1.165) is 38.0 Å². The van der Waals surface area contributed by atoms with E-state index in [9.17, 15) is 14.7 Å². The van der Waals surface area contributed by atoms with Gasteiger partial charge in [0, 0.05) is 12.2 Å². The number of carboxylic acid groups (broad SMARTS) is 1. The van der Waals surface area contributed by atoms with Crippen LogP contribution in [0.1, 0.15) is 34.8 Å². The molecular formula is C22H24N2O4. The van der Waals surface area contributed by atoms with Gasteiger partial charge in [-0.3, -0.25) is 4.90 Å². The number of hydrogen-bond donors (Lipinski definition) is 2. The van der Waals surface area contributed by atoms with Crippen molar-refractivity contribution >= 4 is 17.6 Å². The third-order valence-electron chi connectivity index (χ3n) is 5.65. The molecule has 3 aliphatic rings. The zero-order chi connectivity index (χ0) is 19.5. The molecule has 146 valence electrons. The Bertz CT molecular complexity index is 847. The number of carbonyl (C=O) groups is 2. The molecule has 0 aliphatic carbocycles. The summed E-state index contributed by atoms with van der Waals surface area (Å²) in [7, 11) is 0. The summed E-state index contributed by atoms with van der Waals surface area (Å²) >= 11 is 0. The second-order valence-electron chi connectivity index (χ2n) is 7.49. The Hall–Kier alpha value is -2.86. The maximum atomic E-state index is 13.1.